The van der Waals surface area contributed by atoms with Crippen LogP contribution in [0.15, 0.2) is 30.5 Å². The molecule has 0 bridgehead atoms. The summed E-state index contributed by atoms with van der Waals surface area (Å²) < 4.78 is 0. The maximum absolute atomic E-state index is 6.17. The summed E-state index contributed by atoms with van der Waals surface area (Å²) in [5, 5.41) is 4.39. The van der Waals surface area contributed by atoms with Crippen LogP contribution < -0.4 is 11.1 Å². The van der Waals surface area contributed by atoms with Crippen LogP contribution in [0.1, 0.15) is 6.92 Å². The van der Waals surface area contributed by atoms with Gasteiger partial charge in [-0.25, -0.2) is 0 Å². The molecule has 96 valence electrons. The topological polar surface area (TPSA) is 54.2 Å². The number of hydrogen-bond donors (Lipinski definition) is 2. The highest BCUT2D eigenvalue weighted by molar-refractivity contribution is 5.96. The Kier molecular flexibility index (Phi) is 3.67. The Morgan fingerprint density at radius 3 is 2.83 bits per heavy atom. The number of fused-ring (bicyclic) bond motifs is 1. The molecule has 18 heavy (non-hydrogen) atoms. The molecule has 0 aliphatic heterocycles. The fraction of sp³-hybridized carbons (Fsp3) is 0.357. The number of benzene rings is 1. The zero-order valence-electron chi connectivity index (χ0n) is 11.1. The van der Waals surface area contributed by atoms with Gasteiger partial charge in [0.25, 0.3) is 0 Å². The maximum atomic E-state index is 6.17. The van der Waals surface area contributed by atoms with Crippen LogP contribution in [0.4, 0.5) is 11.4 Å². The number of anilines is 2. The summed E-state index contributed by atoms with van der Waals surface area (Å²) in [6, 6.07) is 8.35. The lowest BCUT2D eigenvalue weighted by Gasteiger charge is -2.21. The van der Waals surface area contributed by atoms with Gasteiger partial charge in [-0.05, 0) is 45.3 Å². The van der Waals surface area contributed by atoms with E-state index >= 15 is 0 Å². The highest BCUT2D eigenvalue weighted by Crippen LogP contribution is 2.27. The van der Waals surface area contributed by atoms with Gasteiger partial charge in [0.2, 0.25) is 0 Å². The summed E-state index contributed by atoms with van der Waals surface area (Å²) in [5.41, 5.74) is 8.84. The van der Waals surface area contributed by atoms with E-state index in [0.717, 1.165) is 28.8 Å². The van der Waals surface area contributed by atoms with E-state index in [-0.39, 0.29) is 0 Å². The number of hydrogen-bond acceptors (Lipinski definition) is 4. The number of rotatable bonds is 4. The van der Waals surface area contributed by atoms with Crippen LogP contribution in [0.25, 0.3) is 10.9 Å². The van der Waals surface area contributed by atoms with Crippen LogP contribution >= 0.6 is 0 Å². The average molecular weight is 244 g/mol. The van der Waals surface area contributed by atoms with Gasteiger partial charge in [0.05, 0.1) is 16.9 Å². The van der Waals surface area contributed by atoms with Crippen molar-refractivity contribution in [2.45, 2.75) is 13.0 Å². The fourth-order valence-electron chi connectivity index (χ4n) is 1.77. The number of nitrogens with one attached hydrogen (secondary N) is 1. The average Bonchev–Trinajstić information content (AvgIpc) is 2.38. The molecule has 0 radical (unpaired) electrons. The Labute approximate surface area is 108 Å². The van der Waals surface area contributed by atoms with Gasteiger partial charge in [-0.1, -0.05) is 0 Å². The second-order valence-electron chi connectivity index (χ2n) is 4.79. The first-order valence-corrected chi connectivity index (χ1v) is 6.13. The molecule has 2 rings (SSSR count). The van der Waals surface area contributed by atoms with Crippen molar-refractivity contribution < 1.29 is 0 Å². The molecule has 0 saturated heterocycles. The molecule has 0 aliphatic rings. The molecule has 4 heteroatoms. The first-order valence-electron chi connectivity index (χ1n) is 6.13. The minimum atomic E-state index is 0.453. The lowest BCUT2D eigenvalue weighted by atomic mass is 10.1. The number of aromatic nitrogens is 1. The largest absolute Gasteiger partial charge is 0.397 e. The molecule has 1 atom stereocenters. The molecule has 1 aromatic carbocycles. The molecule has 2 aromatic rings. The number of pyridine rings is 1. The van der Waals surface area contributed by atoms with Crippen LogP contribution in [-0.4, -0.2) is 36.6 Å². The third kappa shape index (κ3) is 2.54. The summed E-state index contributed by atoms with van der Waals surface area (Å²) in [4.78, 5) is 6.46. The van der Waals surface area contributed by atoms with E-state index in [9.17, 15) is 0 Å². The van der Waals surface area contributed by atoms with Gasteiger partial charge in [-0.3, -0.25) is 4.98 Å². The molecule has 1 unspecified atom stereocenters. The monoisotopic (exact) mass is 244 g/mol. The molecule has 3 N–H and O–H groups in total. The molecule has 1 aromatic heterocycles. The first kappa shape index (κ1) is 12.6. The standard InChI is InChI=1S/C14H20N4/c1-10(18(2)3)9-17-13-7-6-12-11(14(13)15)5-4-8-16-12/h4-8,10,17H,9,15H2,1-3H3. The molecular formula is C14H20N4. The number of nitrogens with two attached hydrogens (primary N) is 1. The summed E-state index contributed by atoms with van der Waals surface area (Å²) in [7, 11) is 4.14. The van der Waals surface area contributed by atoms with Crippen LogP contribution in [0, 0.1) is 0 Å². The van der Waals surface area contributed by atoms with Crippen molar-refractivity contribution in [3.05, 3.63) is 30.5 Å². The minimum Gasteiger partial charge on any atom is -0.397 e. The Morgan fingerprint density at radius 1 is 1.33 bits per heavy atom. The number of nitrogens with zero attached hydrogens (tertiary/aromatic N) is 2. The van der Waals surface area contributed by atoms with E-state index in [4.69, 9.17) is 5.73 Å². The quantitative estimate of drug-likeness (QED) is 0.809. The van der Waals surface area contributed by atoms with Crippen molar-refractivity contribution in [1.29, 1.82) is 0 Å². The fourth-order valence-corrected chi connectivity index (χ4v) is 1.77. The van der Waals surface area contributed by atoms with E-state index in [1.165, 1.54) is 0 Å². The molecular weight excluding hydrogens is 224 g/mol. The molecule has 1 heterocycles. The predicted octanol–water partition coefficient (Wildman–Crippen LogP) is 2.18. The Hall–Kier alpha value is -1.81. The maximum Gasteiger partial charge on any atom is 0.0724 e. The second kappa shape index (κ2) is 5.23. The van der Waals surface area contributed by atoms with Crippen molar-refractivity contribution in [3.63, 3.8) is 0 Å². The van der Waals surface area contributed by atoms with Crippen molar-refractivity contribution >= 4 is 22.3 Å². The lowest BCUT2D eigenvalue weighted by Crippen LogP contribution is -2.31. The van der Waals surface area contributed by atoms with Gasteiger partial charge >= 0.3 is 0 Å². The first-order chi connectivity index (χ1) is 8.59. The van der Waals surface area contributed by atoms with Gasteiger partial charge in [-0.2, -0.15) is 0 Å². The Bertz CT molecular complexity index is 536. The van der Waals surface area contributed by atoms with Gasteiger partial charge in [0.1, 0.15) is 0 Å². The zero-order chi connectivity index (χ0) is 13.1. The normalized spacial score (nSPS) is 12.9. The summed E-state index contributed by atoms with van der Waals surface area (Å²) in [5.74, 6) is 0. The molecule has 0 amide bonds. The number of nitrogen functional groups attached to an aromatic ring is 1. The molecule has 0 fully saturated rings. The van der Waals surface area contributed by atoms with E-state index in [1.807, 2.05) is 24.3 Å². The lowest BCUT2D eigenvalue weighted by molar-refractivity contribution is 0.326. The Balaban J connectivity index is 2.21. The summed E-state index contributed by atoms with van der Waals surface area (Å²) >= 11 is 0. The smallest absolute Gasteiger partial charge is 0.0724 e. The van der Waals surface area contributed by atoms with E-state index in [1.54, 1.807) is 6.20 Å². The zero-order valence-corrected chi connectivity index (χ0v) is 11.1. The third-order valence-electron chi connectivity index (χ3n) is 3.30. The van der Waals surface area contributed by atoms with E-state index < -0.39 is 0 Å². The molecule has 0 spiro atoms. The third-order valence-corrected chi connectivity index (χ3v) is 3.30. The van der Waals surface area contributed by atoms with Gasteiger partial charge in [0, 0.05) is 24.2 Å². The second-order valence-corrected chi connectivity index (χ2v) is 4.79. The van der Waals surface area contributed by atoms with Crippen molar-refractivity contribution in [1.82, 2.24) is 9.88 Å². The van der Waals surface area contributed by atoms with Crippen LogP contribution in [-0.2, 0) is 0 Å². The van der Waals surface area contributed by atoms with E-state index in [0.29, 0.717) is 6.04 Å². The van der Waals surface area contributed by atoms with Gasteiger partial charge in [-0.15, -0.1) is 0 Å². The Morgan fingerprint density at radius 2 is 2.11 bits per heavy atom. The van der Waals surface area contributed by atoms with Crippen molar-refractivity contribution in [3.8, 4) is 0 Å². The minimum absolute atomic E-state index is 0.453. The van der Waals surface area contributed by atoms with E-state index in [2.05, 4.69) is 36.2 Å². The molecule has 4 nitrogen and oxygen atoms in total. The van der Waals surface area contributed by atoms with Gasteiger partial charge in [0.15, 0.2) is 0 Å². The molecule has 0 aliphatic carbocycles. The van der Waals surface area contributed by atoms with Gasteiger partial charge < -0.3 is 16.0 Å². The summed E-state index contributed by atoms with van der Waals surface area (Å²) in [6.07, 6.45) is 1.78. The van der Waals surface area contributed by atoms with Crippen LogP contribution in [0.2, 0.25) is 0 Å². The summed E-state index contributed by atoms with van der Waals surface area (Å²) in [6.45, 7) is 3.04. The van der Waals surface area contributed by atoms with Crippen molar-refractivity contribution in [2.75, 3.05) is 31.7 Å². The molecule has 0 saturated carbocycles. The SMILES string of the molecule is CC(CNc1ccc2ncccc2c1N)N(C)C. The highest BCUT2D eigenvalue weighted by atomic mass is 15.1. The van der Waals surface area contributed by atoms with Crippen molar-refractivity contribution in [2.24, 2.45) is 0 Å². The van der Waals surface area contributed by atoms with Crippen LogP contribution in [0.3, 0.4) is 0 Å². The van der Waals surface area contributed by atoms with Crippen LogP contribution in [0.5, 0.6) is 0 Å². The highest BCUT2D eigenvalue weighted by Gasteiger charge is 2.07. The predicted molar refractivity (Wildman–Crippen MR) is 77.8 cm³/mol. The number of likely N-dealkylation sites (N-methyl/N-ethyl adjacent to an activating group) is 1.